The average Bonchev–Trinajstić information content (AvgIpc) is 2.63. The molecule has 1 aromatic heterocycles. The number of hydrogen-bond donors (Lipinski definition) is 2. The molecule has 0 aliphatic carbocycles. The van der Waals surface area contributed by atoms with Gasteiger partial charge in [0.2, 0.25) is 0 Å². The van der Waals surface area contributed by atoms with Gasteiger partial charge < -0.3 is 15.2 Å². The van der Waals surface area contributed by atoms with E-state index < -0.39 is 12.0 Å². The van der Waals surface area contributed by atoms with Crippen LogP contribution < -0.4 is 5.32 Å². The van der Waals surface area contributed by atoms with Crippen molar-refractivity contribution in [1.82, 2.24) is 5.32 Å². The van der Waals surface area contributed by atoms with Gasteiger partial charge in [-0.1, -0.05) is 11.6 Å². The minimum Gasteiger partial charge on any atom is -0.480 e. The molecule has 0 radical (unpaired) electrons. The monoisotopic (exact) mass is 263 g/mol. The third-order valence-electron chi connectivity index (χ3n) is 2.02. The maximum absolute atomic E-state index is 10.8. The van der Waals surface area contributed by atoms with Crippen LogP contribution >= 0.6 is 22.9 Å². The van der Waals surface area contributed by atoms with Crippen molar-refractivity contribution in [2.75, 3.05) is 20.3 Å². The summed E-state index contributed by atoms with van der Waals surface area (Å²) >= 11 is 7.29. The standard InChI is InChI=1S/C10H14ClNO3S/c1-15-6-8(10(13)14)12-5-4-7-2-3-9(11)16-7/h2-3,8,12H,4-6H2,1H3,(H,13,14). The number of carboxylic acid groups (broad SMARTS) is 1. The Bertz CT molecular complexity index is 343. The van der Waals surface area contributed by atoms with Gasteiger partial charge in [0.1, 0.15) is 6.04 Å². The molecule has 0 amide bonds. The Hall–Kier alpha value is -0.620. The van der Waals surface area contributed by atoms with Crippen molar-refractivity contribution in [3.8, 4) is 0 Å². The van der Waals surface area contributed by atoms with Gasteiger partial charge in [0.05, 0.1) is 10.9 Å². The smallest absolute Gasteiger partial charge is 0.323 e. The number of ether oxygens (including phenoxy) is 1. The van der Waals surface area contributed by atoms with Crippen LogP contribution in [0.3, 0.4) is 0 Å². The normalized spacial score (nSPS) is 12.6. The molecule has 1 atom stereocenters. The van der Waals surface area contributed by atoms with E-state index in [2.05, 4.69) is 5.32 Å². The van der Waals surface area contributed by atoms with E-state index in [1.807, 2.05) is 12.1 Å². The Labute approximate surface area is 103 Å². The maximum Gasteiger partial charge on any atom is 0.323 e. The summed E-state index contributed by atoms with van der Waals surface area (Å²) in [6, 6.07) is 3.13. The van der Waals surface area contributed by atoms with E-state index in [1.54, 1.807) is 0 Å². The number of methoxy groups -OCH3 is 1. The summed E-state index contributed by atoms with van der Waals surface area (Å²) in [6.07, 6.45) is 0.769. The predicted molar refractivity (Wildman–Crippen MR) is 64.3 cm³/mol. The molecule has 4 nitrogen and oxygen atoms in total. The summed E-state index contributed by atoms with van der Waals surface area (Å²) in [5.74, 6) is -0.897. The van der Waals surface area contributed by atoms with Gasteiger partial charge in [-0.2, -0.15) is 0 Å². The first-order chi connectivity index (χ1) is 7.63. The molecule has 0 bridgehead atoms. The van der Waals surface area contributed by atoms with E-state index in [1.165, 1.54) is 18.4 Å². The average molecular weight is 264 g/mol. The van der Waals surface area contributed by atoms with Gasteiger partial charge in [-0.15, -0.1) is 11.3 Å². The summed E-state index contributed by atoms with van der Waals surface area (Å²) in [7, 11) is 1.48. The molecule has 1 aromatic rings. The molecule has 0 saturated carbocycles. The summed E-state index contributed by atoms with van der Waals surface area (Å²) in [4.78, 5) is 11.9. The van der Waals surface area contributed by atoms with Crippen molar-refractivity contribution in [2.45, 2.75) is 12.5 Å². The van der Waals surface area contributed by atoms with Crippen LogP contribution in [0.2, 0.25) is 4.34 Å². The Morgan fingerprint density at radius 2 is 2.44 bits per heavy atom. The number of halogens is 1. The van der Waals surface area contributed by atoms with E-state index in [0.29, 0.717) is 6.54 Å². The lowest BCUT2D eigenvalue weighted by Gasteiger charge is -2.12. The third-order valence-corrected chi connectivity index (χ3v) is 3.31. The number of aliphatic carboxylic acids is 1. The predicted octanol–water partition coefficient (Wildman–Crippen LogP) is 1.63. The van der Waals surface area contributed by atoms with E-state index in [-0.39, 0.29) is 6.61 Å². The topological polar surface area (TPSA) is 58.6 Å². The zero-order valence-corrected chi connectivity index (χ0v) is 10.5. The van der Waals surface area contributed by atoms with Crippen LogP contribution in [-0.2, 0) is 16.0 Å². The van der Waals surface area contributed by atoms with Crippen molar-refractivity contribution in [2.24, 2.45) is 0 Å². The Morgan fingerprint density at radius 3 is 2.94 bits per heavy atom. The number of hydrogen-bond acceptors (Lipinski definition) is 4. The minimum absolute atomic E-state index is 0.167. The lowest BCUT2D eigenvalue weighted by molar-refractivity contribution is -0.140. The molecule has 16 heavy (non-hydrogen) atoms. The summed E-state index contributed by atoms with van der Waals surface area (Å²) in [5, 5.41) is 11.8. The van der Waals surface area contributed by atoms with Gasteiger partial charge >= 0.3 is 5.97 Å². The first-order valence-corrected chi connectivity index (χ1v) is 6.02. The summed E-state index contributed by atoms with van der Waals surface area (Å²) in [6.45, 7) is 0.762. The fraction of sp³-hybridized carbons (Fsp3) is 0.500. The van der Waals surface area contributed by atoms with Crippen molar-refractivity contribution in [1.29, 1.82) is 0 Å². The molecule has 90 valence electrons. The van der Waals surface area contributed by atoms with Crippen LogP contribution in [0.4, 0.5) is 0 Å². The van der Waals surface area contributed by atoms with Crippen LogP contribution in [0.5, 0.6) is 0 Å². The van der Waals surface area contributed by atoms with Gasteiger partial charge in [0.25, 0.3) is 0 Å². The second-order valence-electron chi connectivity index (χ2n) is 3.26. The van der Waals surface area contributed by atoms with Crippen LogP contribution in [0.15, 0.2) is 12.1 Å². The van der Waals surface area contributed by atoms with Gasteiger partial charge in [-0.3, -0.25) is 4.79 Å². The maximum atomic E-state index is 10.8. The molecule has 0 saturated heterocycles. The highest BCUT2D eigenvalue weighted by molar-refractivity contribution is 7.16. The van der Waals surface area contributed by atoms with E-state index in [4.69, 9.17) is 21.4 Å². The van der Waals surface area contributed by atoms with Gasteiger partial charge in [0, 0.05) is 18.5 Å². The van der Waals surface area contributed by atoms with Gasteiger partial charge in [-0.05, 0) is 18.6 Å². The third kappa shape index (κ3) is 4.49. The van der Waals surface area contributed by atoms with Crippen molar-refractivity contribution < 1.29 is 14.6 Å². The fourth-order valence-electron chi connectivity index (χ4n) is 1.24. The van der Waals surface area contributed by atoms with E-state index in [0.717, 1.165) is 15.6 Å². The minimum atomic E-state index is -0.897. The second-order valence-corrected chi connectivity index (χ2v) is 5.06. The fourth-order valence-corrected chi connectivity index (χ4v) is 2.33. The number of carbonyl (C=O) groups is 1. The second kappa shape index (κ2) is 6.85. The van der Waals surface area contributed by atoms with E-state index in [9.17, 15) is 4.79 Å². The molecule has 2 N–H and O–H groups in total. The highest BCUT2D eigenvalue weighted by Gasteiger charge is 2.15. The lowest BCUT2D eigenvalue weighted by atomic mass is 10.3. The molecule has 0 aliphatic heterocycles. The quantitative estimate of drug-likeness (QED) is 0.785. The molecule has 0 fully saturated rings. The van der Waals surface area contributed by atoms with Crippen molar-refractivity contribution >= 4 is 28.9 Å². The Kier molecular flexibility index (Phi) is 5.76. The zero-order chi connectivity index (χ0) is 12.0. The molecule has 1 unspecified atom stereocenters. The number of rotatable bonds is 7. The van der Waals surface area contributed by atoms with Crippen LogP contribution in [-0.4, -0.2) is 37.4 Å². The van der Waals surface area contributed by atoms with Crippen molar-refractivity contribution in [3.05, 3.63) is 21.3 Å². The SMILES string of the molecule is COCC(NCCc1ccc(Cl)s1)C(=O)O. The van der Waals surface area contributed by atoms with Gasteiger partial charge in [0.15, 0.2) is 0 Å². The van der Waals surface area contributed by atoms with Crippen LogP contribution in [0.25, 0.3) is 0 Å². The first-order valence-electron chi connectivity index (χ1n) is 4.83. The van der Waals surface area contributed by atoms with Crippen LogP contribution in [0.1, 0.15) is 4.88 Å². The van der Waals surface area contributed by atoms with Gasteiger partial charge in [-0.25, -0.2) is 0 Å². The number of thiophene rings is 1. The summed E-state index contributed by atoms with van der Waals surface area (Å²) in [5.41, 5.74) is 0. The molecule has 0 spiro atoms. The first kappa shape index (κ1) is 13.4. The van der Waals surface area contributed by atoms with Crippen LogP contribution in [0, 0.1) is 0 Å². The molecule has 1 heterocycles. The largest absolute Gasteiger partial charge is 0.480 e. The summed E-state index contributed by atoms with van der Waals surface area (Å²) < 4.78 is 5.56. The number of nitrogens with one attached hydrogen (secondary N) is 1. The molecule has 6 heteroatoms. The molecular weight excluding hydrogens is 250 g/mol. The zero-order valence-electron chi connectivity index (χ0n) is 8.90. The van der Waals surface area contributed by atoms with E-state index >= 15 is 0 Å². The Morgan fingerprint density at radius 1 is 1.69 bits per heavy atom. The number of carboxylic acids is 1. The molecule has 0 aromatic carbocycles. The highest BCUT2D eigenvalue weighted by Crippen LogP contribution is 2.21. The Balaban J connectivity index is 2.30. The molecular formula is C10H14ClNO3S. The van der Waals surface area contributed by atoms with Crippen molar-refractivity contribution in [3.63, 3.8) is 0 Å². The molecule has 0 aliphatic rings. The lowest BCUT2D eigenvalue weighted by Crippen LogP contribution is -2.41. The molecule has 1 rings (SSSR count). The highest BCUT2D eigenvalue weighted by atomic mass is 35.5.